The average Bonchev–Trinajstić information content (AvgIpc) is 3.48. The summed E-state index contributed by atoms with van der Waals surface area (Å²) in [6.45, 7) is 5.46. The van der Waals surface area contributed by atoms with Crippen LogP contribution in [0.25, 0.3) is 0 Å². The zero-order valence-electron chi connectivity index (χ0n) is 17.2. The van der Waals surface area contributed by atoms with Crippen LogP contribution in [0.15, 0.2) is 21.7 Å². The number of nitrogens with zero attached hydrogens (tertiary/aromatic N) is 4. The molecule has 2 amide bonds. The lowest BCUT2D eigenvalue weighted by Gasteiger charge is -2.38. The van der Waals surface area contributed by atoms with Crippen LogP contribution in [0.3, 0.4) is 0 Å². The molecule has 3 aliphatic heterocycles. The second-order valence-corrected chi connectivity index (χ2v) is 11.4. The molecule has 0 unspecified atom stereocenters. The molecule has 3 aliphatic rings. The first kappa shape index (κ1) is 21.7. The Labute approximate surface area is 182 Å². The van der Waals surface area contributed by atoms with Gasteiger partial charge in [0.2, 0.25) is 11.8 Å². The van der Waals surface area contributed by atoms with Crippen molar-refractivity contribution in [1.82, 2.24) is 19.0 Å². The Morgan fingerprint density at radius 2 is 1.70 bits per heavy atom. The van der Waals surface area contributed by atoms with Crippen LogP contribution in [0, 0.1) is 5.92 Å². The highest BCUT2D eigenvalue weighted by Gasteiger charge is 2.36. The molecule has 1 aromatic rings. The van der Waals surface area contributed by atoms with Gasteiger partial charge in [-0.05, 0) is 37.1 Å². The van der Waals surface area contributed by atoms with Gasteiger partial charge in [-0.3, -0.25) is 14.5 Å². The van der Waals surface area contributed by atoms with Crippen molar-refractivity contribution in [3.8, 4) is 0 Å². The Bertz CT molecular complexity index is 844. The van der Waals surface area contributed by atoms with Crippen molar-refractivity contribution >= 4 is 33.2 Å². The molecular formula is C20H30N4O4S2. The highest BCUT2D eigenvalue weighted by atomic mass is 32.2. The summed E-state index contributed by atoms with van der Waals surface area (Å²) in [7, 11) is -3.52. The van der Waals surface area contributed by atoms with Crippen molar-refractivity contribution in [3.63, 3.8) is 0 Å². The van der Waals surface area contributed by atoms with E-state index < -0.39 is 10.0 Å². The largest absolute Gasteiger partial charge is 0.342 e. The summed E-state index contributed by atoms with van der Waals surface area (Å²) in [5, 5.41) is 1.76. The van der Waals surface area contributed by atoms with E-state index >= 15 is 0 Å². The average molecular weight is 455 g/mol. The zero-order chi connectivity index (χ0) is 21.1. The molecule has 4 rings (SSSR count). The van der Waals surface area contributed by atoms with Crippen molar-refractivity contribution in [2.24, 2.45) is 5.92 Å². The highest BCUT2D eigenvalue weighted by Crippen LogP contribution is 2.27. The fourth-order valence-corrected chi connectivity index (χ4v) is 7.21. The van der Waals surface area contributed by atoms with Gasteiger partial charge in [-0.2, -0.15) is 4.31 Å². The molecule has 0 radical (unpaired) electrons. The van der Waals surface area contributed by atoms with Gasteiger partial charge in [0.1, 0.15) is 4.21 Å². The summed E-state index contributed by atoms with van der Waals surface area (Å²) in [5.74, 6) is -0.0492. The lowest BCUT2D eigenvalue weighted by Crippen LogP contribution is -2.54. The Balaban J connectivity index is 1.29. The quantitative estimate of drug-likeness (QED) is 0.661. The van der Waals surface area contributed by atoms with E-state index in [2.05, 4.69) is 4.90 Å². The molecule has 0 spiro atoms. The number of hydrogen-bond acceptors (Lipinski definition) is 6. The molecular weight excluding hydrogens is 424 g/mol. The maximum atomic E-state index is 13.1. The van der Waals surface area contributed by atoms with Gasteiger partial charge in [-0.15, -0.1) is 11.3 Å². The first-order valence-electron chi connectivity index (χ1n) is 10.8. The fraction of sp³-hybridized carbons (Fsp3) is 0.700. The molecule has 0 N–H and O–H groups in total. The number of likely N-dealkylation sites (tertiary alicyclic amines) is 1. The van der Waals surface area contributed by atoms with Crippen molar-refractivity contribution < 1.29 is 18.0 Å². The molecule has 3 saturated heterocycles. The molecule has 10 heteroatoms. The molecule has 166 valence electrons. The van der Waals surface area contributed by atoms with E-state index in [1.807, 2.05) is 9.80 Å². The lowest BCUT2D eigenvalue weighted by atomic mass is 9.98. The minimum Gasteiger partial charge on any atom is -0.342 e. The Morgan fingerprint density at radius 3 is 2.37 bits per heavy atom. The molecule has 3 fully saturated rings. The third kappa shape index (κ3) is 4.71. The van der Waals surface area contributed by atoms with Crippen LogP contribution in [0.5, 0.6) is 0 Å². The van der Waals surface area contributed by atoms with Crippen LogP contribution in [0.4, 0.5) is 0 Å². The van der Waals surface area contributed by atoms with Crippen LogP contribution in [-0.2, 0) is 19.6 Å². The van der Waals surface area contributed by atoms with Crippen LogP contribution in [0.1, 0.15) is 25.7 Å². The first-order chi connectivity index (χ1) is 14.4. The van der Waals surface area contributed by atoms with Gasteiger partial charge < -0.3 is 9.80 Å². The monoisotopic (exact) mass is 454 g/mol. The summed E-state index contributed by atoms with van der Waals surface area (Å²) in [5.41, 5.74) is 0. The number of piperidine rings is 1. The molecule has 1 aromatic heterocycles. The third-order valence-corrected chi connectivity index (χ3v) is 9.56. The van der Waals surface area contributed by atoms with E-state index in [1.54, 1.807) is 17.5 Å². The number of hydrogen-bond donors (Lipinski definition) is 0. The fourth-order valence-electron chi connectivity index (χ4n) is 4.54. The van der Waals surface area contributed by atoms with Gasteiger partial charge in [-0.1, -0.05) is 6.07 Å². The van der Waals surface area contributed by atoms with Crippen LogP contribution >= 0.6 is 11.3 Å². The maximum Gasteiger partial charge on any atom is 0.252 e. The molecule has 4 heterocycles. The van der Waals surface area contributed by atoms with Crippen molar-refractivity contribution in [3.05, 3.63) is 17.5 Å². The minimum atomic E-state index is -3.52. The number of rotatable bonds is 5. The van der Waals surface area contributed by atoms with Crippen molar-refractivity contribution in [2.45, 2.75) is 29.9 Å². The Morgan fingerprint density at radius 1 is 0.967 bits per heavy atom. The SMILES string of the molecule is O=C(CN1CCN(C(=O)[C@@H]2CCCN(S(=O)(=O)c3cccs3)C2)CC1)N1CCCC1. The smallest absolute Gasteiger partial charge is 0.252 e. The summed E-state index contributed by atoms with van der Waals surface area (Å²) in [4.78, 5) is 31.3. The van der Waals surface area contributed by atoms with Gasteiger partial charge in [0.25, 0.3) is 10.0 Å². The standard InChI is InChI=1S/C20H30N4O4S2/c25-18(22-7-1-2-8-22)16-21-10-12-23(13-11-21)20(26)17-5-3-9-24(15-17)30(27,28)19-6-4-14-29-19/h4,6,14,17H,1-3,5,7-13,15-16H2/t17-/m1/s1. The second-order valence-electron chi connectivity index (χ2n) is 8.32. The molecule has 8 nitrogen and oxygen atoms in total. The number of sulfonamides is 1. The molecule has 0 aliphatic carbocycles. The minimum absolute atomic E-state index is 0.0478. The van der Waals surface area contributed by atoms with E-state index in [9.17, 15) is 18.0 Å². The summed E-state index contributed by atoms with van der Waals surface area (Å²) in [6.07, 6.45) is 3.61. The van der Waals surface area contributed by atoms with Gasteiger partial charge in [0.15, 0.2) is 0 Å². The van der Waals surface area contributed by atoms with Crippen LogP contribution < -0.4 is 0 Å². The molecule has 30 heavy (non-hydrogen) atoms. The number of piperazine rings is 1. The Kier molecular flexibility index (Phi) is 6.76. The summed E-state index contributed by atoms with van der Waals surface area (Å²) >= 11 is 1.21. The topological polar surface area (TPSA) is 81.2 Å². The molecule has 1 atom stereocenters. The van der Waals surface area contributed by atoms with E-state index in [1.165, 1.54) is 15.6 Å². The van der Waals surface area contributed by atoms with Crippen LogP contribution in [0.2, 0.25) is 0 Å². The number of carbonyl (C=O) groups excluding carboxylic acids is 2. The summed E-state index contributed by atoms with van der Waals surface area (Å²) < 4.78 is 27.4. The maximum absolute atomic E-state index is 13.1. The number of amides is 2. The number of thiophene rings is 1. The van der Waals surface area contributed by atoms with Gasteiger partial charge in [-0.25, -0.2) is 8.42 Å². The predicted molar refractivity (Wildman–Crippen MR) is 115 cm³/mol. The van der Waals surface area contributed by atoms with E-state index in [-0.39, 0.29) is 24.3 Å². The van der Waals surface area contributed by atoms with E-state index in [0.717, 1.165) is 32.4 Å². The molecule has 0 saturated carbocycles. The summed E-state index contributed by atoms with van der Waals surface area (Å²) in [6, 6.07) is 3.35. The van der Waals surface area contributed by atoms with Gasteiger partial charge >= 0.3 is 0 Å². The zero-order valence-corrected chi connectivity index (χ0v) is 18.9. The predicted octanol–water partition coefficient (Wildman–Crippen LogP) is 0.915. The van der Waals surface area contributed by atoms with E-state index in [0.29, 0.717) is 49.9 Å². The van der Waals surface area contributed by atoms with Crippen LogP contribution in [-0.4, -0.2) is 98.1 Å². The normalized spacial score (nSPS) is 24.3. The lowest BCUT2D eigenvalue weighted by molar-refractivity contribution is -0.139. The van der Waals surface area contributed by atoms with E-state index in [4.69, 9.17) is 0 Å². The van der Waals surface area contributed by atoms with Crippen molar-refractivity contribution in [2.75, 3.05) is 58.9 Å². The second kappa shape index (κ2) is 9.33. The van der Waals surface area contributed by atoms with Gasteiger partial charge in [0, 0.05) is 52.4 Å². The van der Waals surface area contributed by atoms with Gasteiger partial charge in [0.05, 0.1) is 12.5 Å². The Hall–Kier alpha value is -1.49. The molecule has 0 bridgehead atoms. The van der Waals surface area contributed by atoms with Crippen molar-refractivity contribution in [1.29, 1.82) is 0 Å². The number of carbonyl (C=O) groups is 2. The first-order valence-corrected chi connectivity index (χ1v) is 13.1. The highest BCUT2D eigenvalue weighted by molar-refractivity contribution is 7.91. The molecule has 0 aromatic carbocycles. The third-order valence-electron chi connectivity index (χ3n) is 6.32.